The first-order valence-electron chi connectivity index (χ1n) is 8.49. The highest BCUT2D eigenvalue weighted by atomic mass is 16.4. The summed E-state index contributed by atoms with van der Waals surface area (Å²) in [6.45, 7) is 5.30. The van der Waals surface area contributed by atoms with E-state index in [0.29, 0.717) is 25.8 Å². The second kappa shape index (κ2) is 9.36. The molecule has 1 aliphatic rings. The lowest BCUT2D eigenvalue weighted by Gasteiger charge is -2.27. The van der Waals surface area contributed by atoms with Crippen LogP contribution in [0.2, 0.25) is 0 Å². The van der Waals surface area contributed by atoms with Gasteiger partial charge in [-0.25, -0.2) is 0 Å². The minimum Gasteiger partial charge on any atom is -0.480 e. The van der Waals surface area contributed by atoms with Gasteiger partial charge in [-0.2, -0.15) is 0 Å². The van der Waals surface area contributed by atoms with Crippen LogP contribution in [0.15, 0.2) is 0 Å². The zero-order valence-corrected chi connectivity index (χ0v) is 14.9. The number of nitrogens with one attached hydrogen (secondary N) is 2. The average Bonchev–Trinajstić information content (AvgIpc) is 2.99. The molecule has 0 saturated carbocycles. The Morgan fingerprint density at radius 3 is 2.40 bits per heavy atom. The molecule has 1 heterocycles. The van der Waals surface area contributed by atoms with E-state index in [-0.39, 0.29) is 11.8 Å². The van der Waals surface area contributed by atoms with E-state index in [9.17, 15) is 19.2 Å². The third kappa shape index (κ3) is 6.33. The fourth-order valence-corrected chi connectivity index (χ4v) is 2.82. The number of likely N-dealkylation sites (tertiary alicyclic amines) is 1. The average molecular weight is 356 g/mol. The molecule has 5 N–H and O–H groups in total. The van der Waals surface area contributed by atoms with Gasteiger partial charge >= 0.3 is 5.97 Å². The van der Waals surface area contributed by atoms with E-state index >= 15 is 0 Å². The molecule has 9 nitrogen and oxygen atoms in total. The van der Waals surface area contributed by atoms with Crippen LogP contribution in [0.4, 0.5) is 0 Å². The number of hydrogen-bond donors (Lipinski definition) is 4. The number of carbonyl (C=O) groups is 4. The van der Waals surface area contributed by atoms with Crippen LogP contribution in [-0.2, 0) is 19.2 Å². The van der Waals surface area contributed by atoms with E-state index in [1.807, 2.05) is 13.8 Å². The smallest absolute Gasteiger partial charge is 0.322 e. The molecule has 3 atom stereocenters. The third-order valence-electron chi connectivity index (χ3n) is 3.98. The number of carboxylic acids is 1. The van der Waals surface area contributed by atoms with Gasteiger partial charge in [0.2, 0.25) is 17.7 Å². The van der Waals surface area contributed by atoms with Gasteiger partial charge in [0.05, 0.1) is 6.04 Å². The highest BCUT2D eigenvalue weighted by Gasteiger charge is 2.36. The highest BCUT2D eigenvalue weighted by Crippen LogP contribution is 2.19. The summed E-state index contributed by atoms with van der Waals surface area (Å²) in [5, 5.41) is 13.6. The number of hydrogen-bond acceptors (Lipinski definition) is 5. The molecule has 25 heavy (non-hydrogen) atoms. The maximum Gasteiger partial charge on any atom is 0.322 e. The van der Waals surface area contributed by atoms with Crippen molar-refractivity contribution >= 4 is 23.7 Å². The van der Waals surface area contributed by atoms with Crippen LogP contribution in [0.25, 0.3) is 0 Å². The molecule has 0 aliphatic carbocycles. The number of nitrogens with two attached hydrogens (primary N) is 1. The molecule has 0 aromatic rings. The third-order valence-corrected chi connectivity index (χ3v) is 3.98. The number of nitrogens with zero attached hydrogens (tertiary/aromatic N) is 1. The lowest BCUT2D eigenvalue weighted by molar-refractivity contribution is -0.141. The van der Waals surface area contributed by atoms with Crippen LogP contribution < -0.4 is 16.4 Å². The standard InChI is InChI=1S/C16H28N4O5/c1-9(2)7-11(14(23)18-8-13(21)22)19-15(24)12-5-4-6-20(12)16(25)10(3)17/h9-12H,4-8,17H2,1-3H3,(H,18,23)(H,19,24)(H,21,22). The molecule has 3 unspecified atom stereocenters. The first-order valence-corrected chi connectivity index (χ1v) is 8.49. The summed E-state index contributed by atoms with van der Waals surface area (Å²) in [5.74, 6) is -2.30. The molecular weight excluding hydrogens is 328 g/mol. The van der Waals surface area contributed by atoms with Gasteiger partial charge in [0.25, 0.3) is 0 Å². The number of carboxylic acid groups (broad SMARTS) is 1. The van der Waals surface area contributed by atoms with Crippen molar-refractivity contribution in [2.45, 2.75) is 58.2 Å². The molecule has 0 aromatic heterocycles. The van der Waals surface area contributed by atoms with Gasteiger partial charge in [0.1, 0.15) is 18.6 Å². The monoisotopic (exact) mass is 356 g/mol. The number of aliphatic carboxylic acids is 1. The van der Waals surface area contributed by atoms with Gasteiger partial charge in [-0.3, -0.25) is 19.2 Å². The Kier molecular flexibility index (Phi) is 7.82. The lowest BCUT2D eigenvalue weighted by atomic mass is 10.0. The van der Waals surface area contributed by atoms with Crippen molar-refractivity contribution in [3.05, 3.63) is 0 Å². The molecule has 1 rings (SSSR count). The van der Waals surface area contributed by atoms with Crippen LogP contribution in [0, 0.1) is 5.92 Å². The molecule has 1 fully saturated rings. The Balaban J connectivity index is 2.77. The largest absolute Gasteiger partial charge is 0.480 e. The first kappa shape index (κ1) is 20.9. The van der Waals surface area contributed by atoms with Gasteiger partial charge in [-0.05, 0) is 32.1 Å². The SMILES string of the molecule is CC(C)CC(NC(=O)C1CCCN1C(=O)C(C)N)C(=O)NCC(=O)O. The van der Waals surface area contributed by atoms with E-state index < -0.39 is 42.5 Å². The summed E-state index contributed by atoms with van der Waals surface area (Å²) in [6, 6.07) is -2.20. The Labute approximate surface area is 147 Å². The molecule has 1 aliphatic heterocycles. The van der Waals surface area contributed by atoms with Crippen LogP contribution in [0.5, 0.6) is 0 Å². The summed E-state index contributed by atoms with van der Waals surface area (Å²) in [6.07, 6.45) is 1.57. The Morgan fingerprint density at radius 2 is 1.88 bits per heavy atom. The molecule has 1 saturated heterocycles. The van der Waals surface area contributed by atoms with E-state index in [4.69, 9.17) is 10.8 Å². The highest BCUT2D eigenvalue weighted by molar-refractivity contribution is 5.93. The minimum atomic E-state index is -1.16. The van der Waals surface area contributed by atoms with Gasteiger partial charge in [-0.1, -0.05) is 13.8 Å². The fourth-order valence-electron chi connectivity index (χ4n) is 2.82. The molecule has 0 spiro atoms. The van der Waals surface area contributed by atoms with Crippen molar-refractivity contribution in [1.82, 2.24) is 15.5 Å². The second-order valence-corrected chi connectivity index (χ2v) is 6.78. The number of carbonyl (C=O) groups excluding carboxylic acids is 3. The van der Waals surface area contributed by atoms with Crippen molar-refractivity contribution in [2.24, 2.45) is 11.7 Å². The van der Waals surface area contributed by atoms with Crippen LogP contribution >= 0.6 is 0 Å². The molecule has 9 heteroatoms. The molecule has 0 radical (unpaired) electrons. The lowest BCUT2D eigenvalue weighted by Crippen LogP contribution is -2.55. The number of rotatable bonds is 8. The molecule has 142 valence electrons. The maximum atomic E-state index is 12.6. The van der Waals surface area contributed by atoms with Crippen molar-refractivity contribution in [2.75, 3.05) is 13.1 Å². The second-order valence-electron chi connectivity index (χ2n) is 6.78. The molecular formula is C16H28N4O5. The topological polar surface area (TPSA) is 142 Å². The van der Waals surface area contributed by atoms with E-state index in [1.54, 1.807) is 6.92 Å². The zero-order chi connectivity index (χ0) is 19.1. The van der Waals surface area contributed by atoms with Gasteiger partial charge < -0.3 is 26.4 Å². The van der Waals surface area contributed by atoms with Crippen molar-refractivity contribution in [1.29, 1.82) is 0 Å². The predicted octanol–water partition coefficient (Wildman–Crippen LogP) is -0.944. The van der Waals surface area contributed by atoms with E-state index in [0.717, 1.165) is 0 Å². The van der Waals surface area contributed by atoms with Crippen LogP contribution in [-0.4, -0.2) is 64.9 Å². The molecule has 3 amide bonds. The van der Waals surface area contributed by atoms with Crippen molar-refractivity contribution in [3.63, 3.8) is 0 Å². The van der Waals surface area contributed by atoms with Crippen LogP contribution in [0.3, 0.4) is 0 Å². The summed E-state index contributed by atoms with van der Waals surface area (Å²) in [4.78, 5) is 48.9. The summed E-state index contributed by atoms with van der Waals surface area (Å²) in [7, 11) is 0. The van der Waals surface area contributed by atoms with E-state index in [1.165, 1.54) is 4.90 Å². The maximum absolute atomic E-state index is 12.6. The minimum absolute atomic E-state index is 0.117. The molecule has 0 bridgehead atoms. The fraction of sp³-hybridized carbons (Fsp3) is 0.750. The Bertz CT molecular complexity index is 521. The van der Waals surface area contributed by atoms with Gasteiger partial charge in [0.15, 0.2) is 0 Å². The number of amides is 3. The van der Waals surface area contributed by atoms with Crippen molar-refractivity contribution in [3.8, 4) is 0 Å². The Morgan fingerprint density at radius 1 is 1.24 bits per heavy atom. The van der Waals surface area contributed by atoms with E-state index in [2.05, 4.69) is 10.6 Å². The molecule has 0 aromatic carbocycles. The van der Waals surface area contributed by atoms with Gasteiger partial charge in [0, 0.05) is 6.54 Å². The summed E-state index contributed by atoms with van der Waals surface area (Å²) in [5.41, 5.74) is 5.62. The summed E-state index contributed by atoms with van der Waals surface area (Å²) < 4.78 is 0. The predicted molar refractivity (Wildman–Crippen MR) is 90.4 cm³/mol. The first-order chi connectivity index (χ1) is 11.6. The zero-order valence-electron chi connectivity index (χ0n) is 14.9. The van der Waals surface area contributed by atoms with Crippen LogP contribution in [0.1, 0.15) is 40.0 Å². The summed E-state index contributed by atoms with van der Waals surface area (Å²) >= 11 is 0. The Hall–Kier alpha value is -2.16. The van der Waals surface area contributed by atoms with Crippen molar-refractivity contribution < 1.29 is 24.3 Å². The van der Waals surface area contributed by atoms with Gasteiger partial charge in [-0.15, -0.1) is 0 Å². The normalized spacial score (nSPS) is 19.4. The quantitative estimate of drug-likeness (QED) is 0.442.